The summed E-state index contributed by atoms with van der Waals surface area (Å²) in [7, 11) is 0. The average Bonchev–Trinajstić information content (AvgIpc) is 2.96. The van der Waals surface area contributed by atoms with Gasteiger partial charge in [0.15, 0.2) is 0 Å². The van der Waals surface area contributed by atoms with Crippen LogP contribution in [-0.4, -0.2) is 25.0 Å². The lowest BCUT2D eigenvalue weighted by atomic mass is 9.81. The van der Waals surface area contributed by atoms with Crippen LogP contribution in [0.4, 0.5) is 0 Å². The molecule has 19 heavy (non-hydrogen) atoms. The minimum Gasteiger partial charge on any atom is -0.356 e. The minimum absolute atomic E-state index is 0.256. The average molecular weight is 266 g/mol. The van der Waals surface area contributed by atoms with Gasteiger partial charge in [-0.2, -0.15) is 0 Å². The predicted molar refractivity (Wildman–Crippen MR) is 79.0 cm³/mol. The fraction of sp³-hybridized carbons (Fsp3) is 0.938. The van der Waals surface area contributed by atoms with Crippen molar-refractivity contribution in [2.75, 3.05) is 13.1 Å². The second-order valence-corrected chi connectivity index (χ2v) is 6.43. The van der Waals surface area contributed by atoms with Crippen LogP contribution < -0.4 is 10.6 Å². The molecule has 2 N–H and O–H groups in total. The van der Waals surface area contributed by atoms with Crippen LogP contribution >= 0.6 is 0 Å². The first kappa shape index (κ1) is 14.8. The zero-order valence-corrected chi connectivity index (χ0v) is 12.4. The van der Waals surface area contributed by atoms with Gasteiger partial charge < -0.3 is 10.6 Å². The summed E-state index contributed by atoms with van der Waals surface area (Å²) in [5.41, 5.74) is 0. The molecule has 1 aliphatic heterocycles. The second-order valence-electron chi connectivity index (χ2n) is 6.43. The summed E-state index contributed by atoms with van der Waals surface area (Å²) >= 11 is 0. The number of carbonyl (C=O) groups is 1. The molecule has 1 saturated heterocycles. The van der Waals surface area contributed by atoms with Crippen LogP contribution in [0.1, 0.15) is 64.7 Å². The summed E-state index contributed by atoms with van der Waals surface area (Å²) in [5, 5.41) is 6.59. The van der Waals surface area contributed by atoms with Crippen LogP contribution in [0.2, 0.25) is 0 Å². The summed E-state index contributed by atoms with van der Waals surface area (Å²) in [5.74, 6) is 1.93. The molecule has 1 atom stereocenters. The van der Waals surface area contributed by atoms with Gasteiger partial charge >= 0.3 is 0 Å². The van der Waals surface area contributed by atoms with E-state index in [9.17, 15) is 4.79 Å². The fourth-order valence-electron chi connectivity index (χ4n) is 3.50. The summed E-state index contributed by atoms with van der Waals surface area (Å²) in [6, 6.07) is 0.589. The Balaban J connectivity index is 1.53. The highest BCUT2D eigenvalue weighted by Gasteiger charge is 2.20. The molecule has 1 amide bonds. The molecular weight excluding hydrogens is 236 g/mol. The maximum atomic E-state index is 11.8. The van der Waals surface area contributed by atoms with E-state index in [1.165, 1.54) is 44.9 Å². The van der Waals surface area contributed by atoms with E-state index < -0.39 is 0 Å². The topological polar surface area (TPSA) is 41.1 Å². The zero-order chi connectivity index (χ0) is 13.5. The van der Waals surface area contributed by atoms with Gasteiger partial charge in [0.1, 0.15) is 0 Å². The number of rotatable bonds is 6. The number of carbonyl (C=O) groups excluding carboxylic acids is 1. The summed E-state index contributed by atoms with van der Waals surface area (Å²) < 4.78 is 0. The van der Waals surface area contributed by atoms with Crippen molar-refractivity contribution in [3.05, 3.63) is 0 Å². The van der Waals surface area contributed by atoms with Crippen LogP contribution in [0.3, 0.4) is 0 Å². The highest BCUT2D eigenvalue weighted by Crippen LogP contribution is 2.30. The zero-order valence-electron chi connectivity index (χ0n) is 12.4. The Kier molecular flexibility index (Phi) is 6.15. The van der Waals surface area contributed by atoms with Crippen molar-refractivity contribution in [1.82, 2.24) is 10.6 Å². The third-order valence-corrected chi connectivity index (χ3v) is 5.01. The Labute approximate surface area is 117 Å². The molecule has 3 nitrogen and oxygen atoms in total. The molecule has 110 valence electrons. The molecule has 1 aliphatic carbocycles. The first-order chi connectivity index (χ1) is 9.28. The Hall–Kier alpha value is -0.570. The largest absolute Gasteiger partial charge is 0.356 e. The molecular formula is C16H30N2O. The standard InChI is InChI=1S/C16H30N2O/c1-2-13-5-7-14(8-6-13)12-18-16(19)10-9-15-4-3-11-17-15/h13-15,17H,2-12H2,1H3,(H,18,19). The molecule has 2 rings (SSSR count). The van der Waals surface area contributed by atoms with Crippen LogP contribution in [-0.2, 0) is 4.79 Å². The van der Waals surface area contributed by atoms with Crippen molar-refractivity contribution in [2.45, 2.75) is 70.8 Å². The molecule has 2 fully saturated rings. The van der Waals surface area contributed by atoms with Gasteiger partial charge in [-0.25, -0.2) is 0 Å². The molecule has 1 heterocycles. The van der Waals surface area contributed by atoms with Crippen LogP contribution in [0.25, 0.3) is 0 Å². The molecule has 3 heteroatoms. The van der Waals surface area contributed by atoms with E-state index in [0.717, 1.165) is 31.3 Å². The number of hydrogen-bond donors (Lipinski definition) is 2. The van der Waals surface area contributed by atoms with Crippen molar-refractivity contribution >= 4 is 5.91 Å². The van der Waals surface area contributed by atoms with E-state index in [1.807, 2.05) is 0 Å². The summed E-state index contributed by atoms with van der Waals surface area (Å²) in [4.78, 5) is 11.8. The van der Waals surface area contributed by atoms with Crippen LogP contribution in [0, 0.1) is 11.8 Å². The normalized spacial score (nSPS) is 31.3. The number of hydrogen-bond acceptors (Lipinski definition) is 2. The van der Waals surface area contributed by atoms with Gasteiger partial charge in [0.25, 0.3) is 0 Å². The Morgan fingerprint density at radius 1 is 1.16 bits per heavy atom. The van der Waals surface area contributed by atoms with E-state index in [-0.39, 0.29) is 5.91 Å². The van der Waals surface area contributed by atoms with Crippen molar-refractivity contribution in [3.8, 4) is 0 Å². The van der Waals surface area contributed by atoms with E-state index in [2.05, 4.69) is 17.6 Å². The SMILES string of the molecule is CCC1CCC(CNC(=O)CCC2CCCN2)CC1. The van der Waals surface area contributed by atoms with Gasteiger partial charge in [-0.1, -0.05) is 26.2 Å². The van der Waals surface area contributed by atoms with E-state index in [4.69, 9.17) is 0 Å². The lowest BCUT2D eigenvalue weighted by molar-refractivity contribution is -0.121. The van der Waals surface area contributed by atoms with Crippen molar-refractivity contribution in [2.24, 2.45) is 11.8 Å². The lowest BCUT2D eigenvalue weighted by Gasteiger charge is -2.27. The highest BCUT2D eigenvalue weighted by molar-refractivity contribution is 5.75. The van der Waals surface area contributed by atoms with Gasteiger partial charge in [-0.3, -0.25) is 4.79 Å². The molecule has 0 aromatic heterocycles. The molecule has 1 saturated carbocycles. The molecule has 2 aliphatic rings. The maximum Gasteiger partial charge on any atom is 0.220 e. The molecule has 0 aromatic rings. The van der Waals surface area contributed by atoms with E-state index in [0.29, 0.717) is 12.5 Å². The Bertz CT molecular complexity index is 266. The fourth-order valence-corrected chi connectivity index (χ4v) is 3.50. The van der Waals surface area contributed by atoms with Crippen molar-refractivity contribution in [3.63, 3.8) is 0 Å². The summed E-state index contributed by atoms with van der Waals surface area (Å²) in [6.07, 6.45) is 10.9. The molecule has 0 bridgehead atoms. The molecule has 0 radical (unpaired) electrons. The first-order valence-electron chi connectivity index (χ1n) is 8.28. The monoisotopic (exact) mass is 266 g/mol. The van der Waals surface area contributed by atoms with E-state index >= 15 is 0 Å². The molecule has 0 aromatic carbocycles. The molecule has 0 spiro atoms. The van der Waals surface area contributed by atoms with E-state index in [1.54, 1.807) is 0 Å². The minimum atomic E-state index is 0.256. The third-order valence-electron chi connectivity index (χ3n) is 5.01. The number of nitrogens with one attached hydrogen (secondary N) is 2. The first-order valence-corrected chi connectivity index (χ1v) is 8.28. The van der Waals surface area contributed by atoms with Crippen molar-refractivity contribution < 1.29 is 4.79 Å². The van der Waals surface area contributed by atoms with Gasteiger partial charge in [-0.05, 0) is 50.5 Å². The predicted octanol–water partition coefficient (Wildman–Crippen LogP) is 2.85. The Morgan fingerprint density at radius 3 is 2.53 bits per heavy atom. The number of amides is 1. The Morgan fingerprint density at radius 2 is 1.89 bits per heavy atom. The van der Waals surface area contributed by atoms with Gasteiger partial charge in [0, 0.05) is 19.0 Å². The van der Waals surface area contributed by atoms with Gasteiger partial charge in [0.05, 0.1) is 0 Å². The third kappa shape index (κ3) is 5.13. The van der Waals surface area contributed by atoms with Crippen LogP contribution in [0.15, 0.2) is 0 Å². The highest BCUT2D eigenvalue weighted by atomic mass is 16.1. The quantitative estimate of drug-likeness (QED) is 0.776. The second kappa shape index (κ2) is 7.88. The smallest absolute Gasteiger partial charge is 0.220 e. The summed E-state index contributed by atoms with van der Waals surface area (Å²) in [6.45, 7) is 4.34. The maximum absolute atomic E-state index is 11.8. The van der Waals surface area contributed by atoms with Crippen LogP contribution in [0.5, 0.6) is 0 Å². The molecule has 1 unspecified atom stereocenters. The van der Waals surface area contributed by atoms with Crippen molar-refractivity contribution in [1.29, 1.82) is 0 Å². The van der Waals surface area contributed by atoms with Gasteiger partial charge in [-0.15, -0.1) is 0 Å². The van der Waals surface area contributed by atoms with Gasteiger partial charge in [0.2, 0.25) is 5.91 Å². The lowest BCUT2D eigenvalue weighted by Crippen LogP contribution is -2.32.